The van der Waals surface area contributed by atoms with Crippen LogP contribution in [0.25, 0.3) is 0 Å². The molecule has 0 unspecified atom stereocenters. The lowest BCUT2D eigenvalue weighted by Gasteiger charge is -2.15. The van der Waals surface area contributed by atoms with Crippen molar-refractivity contribution < 1.29 is 14.7 Å². The van der Waals surface area contributed by atoms with E-state index < -0.39 is 5.97 Å². The van der Waals surface area contributed by atoms with Crippen LogP contribution in [0.4, 0.5) is 0 Å². The molecular formula is C11H14N2O3. The predicted octanol–water partition coefficient (Wildman–Crippen LogP) is 0.937. The van der Waals surface area contributed by atoms with Crippen LogP contribution in [0.1, 0.15) is 22.5 Å². The van der Waals surface area contributed by atoms with E-state index in [1.807, 2.05) is 6.92 Å². The lowest BCUT2D eigenvalue weighted by Crippen LogP contribution is -2.29. The summed E-state index contributed by atoms with van der Waals surface area (Å²) in [5.41, 5.74) is 1.31. The smallest absolute Gasteiger partial charge is 0.305 e. The van der Waals surface area contributed by atoms with Crippen molar-refractivity contribution in [3.8, 4) is 0 Å². The van der Waals surface area contributed by atoms with E-state index in [-0.39, 0.29) is 18.9 Å². The Hall–Kier alpha value is -1.91. The van der Waals surface area contributed by atoms with Gasteiger partial charge in [-0.25, -0.2) is 0 Å². The van der Waals surface area contributed by atoms with Crippen LogP contribution in [0.2, 0.25) is 0 Å². The Morgan fingerprint density at radius 2 is 2.12 bits per heavy atom. The Labute approximate surface area is 93.7 Å². The summed E-state index contributed by atoms with van der Waals surface area (Å²) in [6.45, 7) is 2.03. The molecule has 0 saturated carbocycles. The molecule has 1 amide bonds. The first kappa shape index (κ1) is 12.2. The van der Waals surface area contributed by atoms with Crippen molar-refractivity contribution in [3.05, 3.63) is 29.6 Å². The number of carboxylic acids is 1. The van der Waals surface area contributed by atoms with Crippen LogP contribution >= 0.6 is 0 Å². The highest BCUT2D eigenvalue weighted by atomic mass is 16.4. The van der Waals surface area contributed by atoms with Crippen molar-refractivity contribution >= 4 is 11.9 Å². The minimum absolute atomic E-state index is 0.0540. The third-order valence-corrected chi connectivity index (χ3v) is 2.17. The molecule has 1 N–H and O–H groups in total. The van der Waals surface area contributed by atoms with Gasteiger partial charge in [0.05, 0.1) is 12.0 Å². The molecule has 0 fully saturated rings. The second kappa shape index (κ2) is 5.25. The van der Waals surface area contributed by atoms with E-state index in [1.54, 1.807) is 19.2 Å². The molecule has 1 heterocycles. The van der Waals surface area contributed by atoms with E-state index in [2.05, 4.69) is 4.98 Å². The van der Waals surface area contributed by atoms with Crippen LogP contribution in [-0.4, -0.2) is 40.5 Å². The highest BCUT2D eigenvalue weighted by Crippen LogP contribution is 2.03. The number of carbonyl (C=O) groups excluding carboxylic acids is 1. The lowest BCUT2D eigenvalue weighted by atomic mass is 10.2. The monoisotopic (exact) mass is 222 g/mol. The molecular weight excluding hydrogens is 208 g/mol. The molecule has 0 aliphatic carbocycles. The number of nitrogens with zero attached hydrogens (tertiary/aromatic N) is 2. The fraction of sp³-hybridized carbons (Fsp3) is 0.364. The van der Waals surface area contributed by atoms with Crippen LogP contribution in [0, 0.1) is 6.92 Å². The fourth-order valence-electron chi connectivity index (χ4n) is 1.18. The minimum atomic E-state index is -0.915. The highest BCUT2D eigenvalue weighted by molar-refractivity contribution is 5.93. The summed E-state index contributed by atoms with van der Waals surface area (Å²) < 4.78 is 0. The number of aliphatic carboxylic acids is 1. The summed E-state index contributed by atoms with van der Waals surface area (Å²) in [6, 6.07) is 3.43. The molecule has 0 aliphatic rings. The average Bonchev–Trinajstić information content (AvgIpc) is 2.26. The molecule has 1 aromatic heterocycles. The number of aromatic nitrogens is 1. The van der Waals surface area contributed by atoms with Gasteiger partial charge in [0.25, 0.3) is 5.91 Å². The van der Waals surface area contributed by atoms with Gasteiger partial charge in [-0.2, -0.15) is 0 Å². The quantitative estimate of drug-likeness (QED) is 0.822. The molecule has 0 spiro atoms. The van der Waals surface area contributed by atoms with E-state index in [4.69, 9.17) is 5.11 Å². The molecule has 0 aliphatic heterocycles. The number of hydrogen-bond acceptors (Lipinski definition) is 3. The van der Waals surface area contributed by atoms with E-state index >= 15 is 0 Å². The minimum Gasteiger partial charge on any atom is -0.481 e. The first-order valence-corrected chi connectivity index (χ1v) is 4.90. The third kappa shape index (κ3) is 3.34. The Balaban J connectivity index is 2.63. The molecule has 86 valence electrons. The van der Waals surface area contributed by atoms with Crippen LogP contribution in [-0.2, 0) is 4.79 Å². The molecule has 16 heavy (non-hydrogen) atoms. The Morgan fingerprint density at radius 1 is 1.44 bits per heavy atom. The van der Waals surface area contributed by atoms with Gasteiger partial charge in [-0.05, 0) is 19.1 Å². The van der Waals surface area contributed by atoms with Gasteiger partial charge in [0.15, 0.2) is 0 Å². The van der Waals surface area contributed by atoms with E-state index in [1.165, 1.54) is 11.1 Å². The summed E-state index contributed by atoms with van der Waals surface area (Å²) in [7, 11) is 1.57. The number of amides is 1. The zero-order valence-electron chi connectivity index (χ0n) is 9.30. The summed E-state index contributed by atoms with van der Waals surface area (Å²) in [6.07, 6.45) is 1.44. The first-order chi connectivity index (χ1) is 7.50. The number of carboxylic acid groups (broad SMARTS) is 1. The van der Waals surface area contributed by atoms with Crippen LogP contribution in [0.5, 0.6) is 0 Å². The van der Waals surface area contributed by atoms with Gasteiger partial charge in [-0.15, -0.1) is 0 Å². The molecule has 5 nitrogen and oxygen atoms in total. The summed E-state index contributed by atoms with van der Waals surface area (Å²) in [5, 5.41) is 8.50. The predicted molar refractivity (Wildman–Crippen MR) is 58.2 cm³/mol. The molecule has 0 bridgehead atoms. The molecule has 0 aromatic carbocycles. The van der Waals surface area contributed by atoms with Gasteiger partial charge in [-0.3, -0.25) is 14.6 Å². The van der Waals surface area contributed by atoms with Crippen molar-refractivity contribution in [1.29, 1.82) is 0 Å². The van der Waals surface area contributed by atoms with Gasteiger partial charge in [0.2, 0.25) is 0 Å². The van der Waals surface area contributed by atoms with Crippen LogP contribution < -0.4 is 0 Å². The average molecular weight is 222 g/mol. The number of pyridine rings is 1. The van der Waals surface area contributed by atoms with E-state index in [0.717, 1.165) is 5.69 Å². The van der Waals surface area contributed by atoms with Crippen molar-refractivity contribution in [2.75, 3.05) is 13.6 Å². The molecule has 5 heteroatoms. The summed E-state index contributed by atoms with van der Waals surface area (Å²) in [5.74, 6) is -1.13. The topological polar surface area (TPSA) is 70.5 Å². The van der Waals surface area contributed by atoms with E-state index in [9.17, 15) is 9.59 Å². The first-order valence-electron chi connectivity index (χ1n) is 4.90. The maximum atomic E-state index is 11.8. The van der Waals surface area contributed by atoms with Gasteiger partial charge in [0, 0.05) is 25.5 Å². The van der Waals surface area contributed by atoms with Crippen molar-refractivity contribution in [2.24, 2.45) is 0 Å². The maximum absolute atomic E-state index is 11.8. The van der Waals surface area contributed by atoms with Crippen LogP contribution in [0.15, 0.2) is 18.3 Å². The van der Waals surface area contributed by atoms with Crippen molar-refractivity contribution in [2.45, 2.75) is 13.3 Å². The Morgan fingerprint density at radius 3 is 2.62 bits per heavy atom. The largest absolute Gasteiger partial charge is 0.481 e. The van der Waals surface area contributed by atoms with Gasteiger partial charge >= 0.3 is 5.97 Å². The molecule has 0 radical (unpaired) electrons. The number of rotatable bonds is 4. The number of aryl methyl sites for hydroxylation is 1. The molecule has 0 saturated heterocycles. The zero-order chi connectivity index (χ0) is 12.1. The third-order valence-electron chi connectivity index (χ3n) is 2.17. The van der Waals surface area contributed by atoms with Gasteiger partial charge in [0.1, 0.15) is 0 Å². The number of hydrogen-bond donors (Lipinski definition) is 1. The van der Waals surface area contributed by atoms with E-state index in [0.29, 0.717) is 5.56 Å². The Kier molecular flexibility index (Phi) is 3.99. The molecule has 1 aromatic rings. The molecule has 0 atom stereocenters. The van der Waals surface area contributed by atoms with Crippen molar-refractivity contribution in [1.82, 2.24) is 9.88 Å². The lowest BCUT2D eigenvalue weighted by molar-refractivity contribution is -0.137. The SMILES string of the molecule is Cc1ccc(C(=O)N(C)CCC(=O)O)cn1. The van der Waals surface area contributed by atoms with Crippen LogP contribution in [0.3, 0.4) is 0 Å². The molecule has 1 rings (SSSR count). The van der Waals surface area contributed by atoms with Crippen molar-refractivity contribution in [3.63, 3.8) is 0 Å². The zero-order valence-corrected chi connectivity index (χ0v) is 9.30. The second-order valence-electron chi connectivity index (χ2n) is 3.56. The Bertz CT molecular complexity index is 387. The fourth-order valence-corrected chi connectivity index (χ4v) is 1.18. The maximum Gasteiger partial charge on any atom is 0.305 e. The standard InChI is InChI=1S/C11H14N2O3/c1-8-3-4-9(7-12-8)11(16)13(2)6-5-10(14)15/h3-4,7H,5-6H2,1-2H3,(H,14,15). The highest BCUT2D eigenvalue weighted by Gasteiger charge is 2.12. The summed E-state index contributed by atoms with van der Waals surface area (Å²) in [4.78, 5) is 27.5. The summed E-state index contributed by atoms with van der Waals surface area (Å²) >= 11 is 0. The number of carbonyl (C=O) groups is 2. The normalized spacial score (nSPS) is 9.88. The second-order valence-corrected chi connectivity index (χ2v) is 3.56. The van der Waals surface area contributed by atoms with Gasteiger partial charge in [-0.1, -0.05) is 0 Å². The van der Waals surface area contributed by atoms with Gasteiger partial charge < -0.3 is 10.0 Å².